The summed E-state index contributed by atoms with van der Waals surface area (Å²) in [6.45, 7) is 2.09. The quantitative estimate of drug-likeness (QED) is 0.523. The first-order valence-electron chi connectivity index (χ1n) is 4.69. The van der Waals surface area contributed by atoms with E-state index in [1.165, 1.54) is 0 Å². The molecule has 0 aromatic rings. The van der Waals surface area contributed by atoms with Crippen LogP contribution in [0.1, 0.15) is 26.2 Å². The molecule has 2 aliphatic rings. The van der Waals surface area contributed by atoms with Gasteiger partial charge in [0.25, 0.3) is 0 Å². The molecule has 0 spiro atoms. The normalized spacial score (nSPS) is 44.3. The maximum absolute atomic E-state index is 11.0. The van der Waals surface area contributed by atoms with Gasteiger partial charge in [0.1, 0.15) is 12.2 Å². The van der Waals surface area contributed by atoms with Crippen molar-refractivity contribution in [1.82, 2.24) is 0 Å². The van der Waals surface area contributed by atoms with E-state index < -0.39 is 0 Å². The molecule has 3 nitrogen and oxygen atoms in total. The van der Waals surface area contributed by atoms with Crippen molar-refractivity contribution in [2.45, 2.75) is 49.3 Å². The predicted octanol–water partition coefficient (Wildman–Crippen LogP) is 1.63. The number of fused-ring (bicyclic) bond motifs is 1. The monoisotopic (exact) mass is 248 g/mol. The Morgan fingerprint density at radius 2 is 2.31 bits per heavy atom. The highest BCUT2D eigenvalue weighted by Crippen LogP contribution is 2.34. The molecule has 2 aliphatic heterocycles. The molecule has 0 N–H and O–H groups in total. The molecule has 4 atom stereocenters. The first kappa shape index (κ1) is 9.46. The molecule has 0 radical (unpaired) electrons. The lowest BCUT2D eigenvalue weighted by atomic mass is 9.99. The molecule has 2 rings (SSSR count). The van der Waals surface area contributed by atoms with Crippen LogP contribution in [0.15, 0.2) is 0 Å². The minimum absolute atomic E-state index is 0.00579. The molecule has 2 heterocycles. The van der Waals surface area contributed by atoms with E-state index in [1.54, 1.807) is 0 Å². The van der Waals surface area contributed by atoms with Gasteiger partial charge in [-0.25, -0.2) is 0 Å². The molecule has 2 saturated heterocycles. The third-order valence-corrected chi connectivity index (χ3v) is 3.64. The first-order chi connectivity index (χ1) is 6.20. The van der Waals surface area contributed by atoms with Gasteiger partial charge in [0, 0.05) is 11.2 Å². The highest BCUT2D eigenvalue weighted by Gasteiger charge is 2.43. The summed E-state index contributed by atoms with van der Waals surface area (Å²) >= 11 is 3.56. The van der Waals surface area contributed by atoms with E-state index in [1.807, 2.05) is 0 Å². The van der Waals surface area contributed by atoms with Crippen LogP contribution < -0.4 is 0 Å². The summed E-state index contributed by atoms with van der Waals surface area (Å²) in [5.74, 6) is -0.119. The molecule has 0 aliphatic carbocycles. The number of rotatable bonds is 1. The Hall–Kier alpha value is -0.0900. The number of alkyl halides is 1. The minimum atomic E-state index is -0.119. The molecule has 2 fully saturated rings. The van der Waals surface area contributed by atoms with Gasteiger partial charge in [0.15, 0.2) is 0 Å². The van der Waals surface area contributed by atoms with Crippen LogP contribution >= 0.6 is 15.9 Å². The molecule has 0 unspecified atom stereocenters. The Morgan fingerprint density at radius 3 is 3.00 bits per heavy atom. The molecule has 13 heavy (non-hydrogen) atoms. The standard InChI is InChI=1S/C9H13BrO3/c1-2-6-5(10)3-7-8(12-6)4-9(11)13-7/h5-8H,2-4H2,1H3/t5-,6+,7+,8+/m0/s1. The molecular formula is C9H13BrO3. The molecule has 0 aromatic carbocycles. The second-order valence-corrected chi connectivity index (χ2v) is 4.78. The second kappa shape index (κ2) is 3.58. The highest BCUT2D eigenvalue weighted by molar-refractivity contribution is 9.09. The zero-order valence-corrected chi connectivity index (χ0v) is 9.12. The van der Waals surface area contributed by atoms with Gasteiger partial charge in [-0.1, -0.05) is 22.9 Å². The molecule has 0 aromatic heterocycles. The SMILES string of the molecule is CC[C@H]1O[C@@H]2CC(=O)O[C@@H]2C[C@@H]1Br. The summed E-state index contributed by atoms with van der Waals surface area (Å²) in [6.07, 6.45) is 2.52. The summed E-state index contributed by atoms with van der Waals surface area (Å²) in [5, 5.41) is 0. The van der Waals surface area contributed by atoms with Crippen LogP contribution in [0.5, 0.6) is 0 Å². The molecule has 0 bridgehead atoms. The Bertz CT molecular complexity index is 219. The van der Waals surface area contributed by atoms with E-state index in [0.29, 0.717) is 11.2 Å². The summed E-state index contributed by atoms with van der Waals surface area (Å²) < 4.78 is 10.9. The first-order valence-corrected chi connectivity index (χ1v) is 5.61. The highest BCUT2D eigenvalue weighted by atomic mass is 79.9. The predicted molar refractivity (Wildman–Crippen MR) is 50.8 cm³/mol. The van der Waals surface area contributed by atoms with E-state index >= 15 is 0 Å². The largest absolute Gasteiger partial charge is 0.459 e. The van der Waals surface area contributed by atoms with Crippen molar-refractivity contribution in [2.24, 2.45) is 0 Å². The smallest absolute Gasteiger partial charge is 0.308 e. The number of hydrogen-bond acceptors (Lipinski definition) is 3. The Balaban J connectivity index is 2.03. The van der Waals surface area contributed by atoms with Crippen molar-refractivity contribution < 1.29 is 14.3 Å². The number of esters is 1. The van der Waals surface area contributed by atoms with Crippen molar-refractivity contribution in [3.05, 3.63) is 0 Å². The summed E-state index contributed by atoms with van der Waals surface area (Å²) in [5.41, 5.74) is 0. The van der Waals surface area contributed by atoms with Crippen LogP contribution in [-0.4, -0.2) is 29.1 Å². The van der Waals surface area contributed by atoms with Gasteiger partial charge in [0.2, 0.25) is 0 Å². The van der Waals surface area contributed by atoms with Crippen LogP contribution in [0.2, 0.25) is 0 Å². The van der Waals surface area contributed by atoms with Crippen molar-refractivity contribution in [3.63, 3.8) is 0 Å². The minimum Gasteiger partial charge on any atom is -0.459 e. The molecule has 0 amide bonds. The van der Waals surface area contributed by atoms with Gasteiger partial charge >= 0.3 is 5.97 Å². The number of hydrogen-bond donors (Lipinski definition) is 0. The topological polar surface area (TPSA) is 35.5 Å². The second-order valence-electron chi connectivity index (χ2n) is 3.61. The number of carbonyl (C=O) groups excluding carboxylic acids is 1. The van der Waals surface area contributed by atoms with Crippen LogP contribution in [0, 0.1) is 0 Å². The lowest BCUT2D eigenvalue weighted by molar-refractivity contribution is -0.144. The zero-order valence-electron chi connectivity index (χ0n) is 7.53. The number of ether oxygens (including phenoxy) is 2. The fraction of sp³-hybridized carbons (Fsp3) is 0.889. The number of halogens is 1. The van der Waals surface area contributed by atoms with Gasteiger partial charge in [-0.15, -0.1) is 0 Å². The van der Waals surface area contributed by atoms with E-state index in [9.17, 15) is 4.79 Å². The van der Waals surface area contributed by atoms with Crippen LogP contribution in [0.4, 0.5) is 0 Å². The van der Waals surface area contributed by atoms with Crippen LogP contribution in [0.25, 0.3) is 0 Å². The van der Waals surface area contributed by atoms with E-state index in [2.05, 4.69) is 22.9 Å². The average molecular weight is 249 g/mol. The Labute approximate surface area is 85.9 Å². The fourth-order valence-corrected chi connectivity index (χ4v) is 2.83. The van der Waals surface area contributed by atoms with E-state index in [-0.39, 0.29) is 24.3 Å². The van der Waals surface area contributed by atoms with Crippen LogP contribution in [0.3, 0.4) is 0 Å². The summed E-state index contributed by atoms with van der Waals surface area (Å²) in [7, 11) is 0. The zero-order chi connectivity index (χ0) is 9.42. The van der Waals surface area contributed by atoms with Crippen molar-refractivity contribution in [1.29, 1.82) is 0 Å². The number of carbonyl (C=O) groups is 1. The van der Waals surface area contributed by atoms with Gasteiger partial charge in [-0.05, 0) is 6.42 Å². The molecule has 0 saturated carbocycles. The summed E-state index contributed by atoms with van der Waals surface area (Å²) in [6, 6.07) is 0. The van der Waals surface area contributed by atoms with Crippen molar-refractivity contribution >= 4 is 21.9 Å². The Kier molecular flexibility index (Phi) is 2.60. The van der Waals surface area contributed by atoms with E-state index in [4.69, 9.17) is 9.47 Å². The third kappa shape index (κ3) is 1.74. The molecule has 74 valence electrons. The Morgan fingerprint density at radius 1 is 1.54 bits per heavy atom. The fourth-order valence-electron chi connectivity index (χ4n) is 1.96. The van der Waals surface area contributed by atoms with Gasteiger partial charge < -0.3 is 9.47 Å². The lowest BCUT2D eigenvalue weighted by Crippen LogP contribution is -2.42. The van der Waals surface area contributed by atoms with Gasteiger partial charge in [0.05, 0.1) is 12.5 Å². The van der Waals surface area contributed by atoms with Crippen molar-refractivity contribution in [2.75, 3.05) is 0 Å². The van der Waals surface area contributed by atoms with Crippen molar-refractivity contribution in [3.8, 4) is 0 Å². The van der Waals surface area contributed by atoms with Gasteiger partial charge in [-0.3, -0.25) is 4.79 Å². The lowest BCUT2D eigenvalue weighted by Gasteiger charge is -2.34. The van der Waals surface area contributed by atoms with E-state index in [0.717, 1.165) is 12.8 Å². The molecular weight excluding hydrogens is 236 g/mol. The maximum Gasteiger partial charge on any atom is 0.308 e. The molecule has 4 heteroatoms. The maximum atomic E-state index is 11.0. The summed E-state index contributed by atoms with van der Waals surface area (Å²) in [4.78, 5) is 11.3. The van der Waals surface area contributed by atoms with Crippen LogP contribution in [-0.2, 0) is 14.3 Å². The average Bonchev–Trinajstić information content (AvgIpc) is 2.42. The third-order valence-electron chi connectivity index (χ3n) is 2.68. The van der Waals surface area contributed by atoms with Gasteiger partial charge in [-0.2, -0.15) is 0 Å².